The Hall–Kier alpha value is -1.53. The number of aromatic amines is 1. The van der Waals surface area contributed by atoms with Crippen LogP contribution in [0.1, 0.15) is 35.5 Å². The first-order chi connectivity index (χ1) is 9.60. The summed E-state index contributed by atoms with van der Waals surface area (Å²) < 4.78 is 2.74. The van der Waals surface area contributed by atoms with Crippen molar-refractivity contribution in [3.63, 3.8) is 0 Å². The molecule has 6 heteroatoms. The molecule has 0 aliphatic rings. The topological polar surface area (TPSA) is 46.5 Å². The van der Waals surface area contributed by atoms with Crippen molar-refractivity contribution in [3.8, 4) is 0 Å². The summed E-state index contributed by atoms with van der Waals surface area (Å²) in [6.07, 6.45) is 2.97. The molecule has 20 heavy (non-hydrogen) atoms. The highest BCUT2D eigenvalue weighted by atomic mass is 32.1. The molecule has 0 bridgehead atoms. The minimum Gasteiger partial charge on any atom is -0.329 e. The van der Waals surface area contributed by atoms with Gasteiger partial charge < -0.3 is 4.98 Å². The number of hydrogen-bond acceptors (Lipinski definition) is 4. The van der Waals surface area contributed by atoms with Gasteiger partial charge in [-0.3, -0.25) is 4.57 Å². The van der Waals surface area contributed by atoms with Crippen LogP contribution in [0.2, 0.25) is 0 Å². The van der Waals surface area contributed by atoms with E-state index in [2.05, 4.69) is 33.4 Å². The number of nitrogens with one attached hydrogen (secondary N) is 1. The van der Waals surface area contributed by atoms with Gasteiger partial charge in [0.15, 0.2) is 10.4 Å². The molecule has 0 amide bonds. The predicted octanol–water partition coefficient (Wildman–Crippen LogP) is 4.03. The number of imidazole rings is 1. The van der Waals surface area contributed by atoms with Crippen LogP contribution in [-0.4, -0.2) is 19.5 Å². The summed E-state index contributed by atoms with van der Waals surface area (Å²) in [5, 5.41) is 1.07. The third kappa shape index (κ3) is 2.19. The Balaban J connectivity index is 2.15. The van der Waals surface area contributed by atoms with Crippen LogP contribution in [0, 0.1) is 11.7 Å². The normalized spacial score (nSPS) is 12.9. The smallest absolute Gasteiger partial charge is 0.179 e. The molecule has 1 unspecified atom stereocenters. The monoisotopic (exact) mass is 304 g/mol. The fourth-order valence-electron chi connectivity index (χ4n) is 2.24. The summed E-state index contributed by atoms with van der Waals surface area (Å²) in [5.41, 5.74) is 2.86. The van der Waals surface area contributed by atoms with Crippen LogP contribution in [0.3, 0.4) is 0 Å². The third-order valence-electron chi connectivity index (χ3n) is 3.37. The predicted molar refractivity (Wildman–Crippen MR) is 85.0 cm³/mol. The molecular weight excluding hydrogens is 288 g/mol. The molecule has 1 N–H and O–H groups in total. The first-order valence-corrected chi connectivity index (χ1v) is 7.85. The van der Waals surface area contributed by atoms with Crippen LogP contribution in [0.25, 0.3) is 11.2 Å². The second kappa shape index (κ2) is 5.10. The summed E-state index contributed by atoms with van der Waals surface area (Å²) in [6.45, 7) is 6.25. The van der Waals surface area contributed by atoms with Crippen LogP contribution in [0.5, 0.6) is 0 Å². The largest absolute Gasteiger partial charge is 0.329 e. The summed E-state index contributed by atoms with van der Waals surface area (Å²) in [5.74, 6) is 0. The highest BCUT2D eigenvalue weighted by Crippen LogP contribution is 2.27. The first-order valence-electron chi connectivity index (χ1n) is 6.62. The Kier molecular flexibility index (Phi) is 3.43. The highest BCUT2D eigenvalue weighted by molar-refractivity contribution is 7.71. The number of hydrogen-bond donors (Lipinski definition) is 1. The van der Waals surface area contributed by atoms with E-state index in [0.717, 1.165) is 28.3 Å². The number of aromatic nitrogens is 4. The number of pyridine rings is 1. The average Bonchev–Trinajstić information content (AvgIpc) is 3.01. The van der Waals surface area contributed by atoms with Gasteiger partial charge in [-0.1, -0.05) is 6.92 Å². The second-order valence-electron chi connectivity index (χ2n) is 4.82. The van der Waals surface area contributed by atoms with Crippen LogP contribution in [-0.2, 0) is 6.42 Å². The fraction of sp³-hybridized carbons (Fsp3) is 0.357. The molecule has 1 atom stereocenters. The summed E-state index contributed by atoms with van der Waals surface area (Å²) >= 11 is 7.19. The molecule has 3 heterocycles. The summed E-state index contributed by atoms with van der Waals surface area (Å²) in [6, 6.07) is 4.10. The van der Waals surface area contributed by atoms with Gasteiger partial charge in [-0.2, -0.15) is 0 Å². The molecule has 0 spiro atoms. The van der Waals surface area contributed by atoms with Crippen LogP contribution in [0.15, 0.2) is 18.3 Å². The lowest BCUT2D eigenvalue weighted by atomic mass is 10.3. The number of thiazole rings is 1. The zero-order valence-electron chi connectivity index (χ0n) is 11.7. The van der Waals surface area contributed by atoms with Crippen molar-refractivity contribution in [2.24, 2.45) is 0 Å². The van der Waals surface area contributed by atoms with Gasteiger partial charge in [0.05, 0.1) is 11.6 Å². The maximum atomic E-state index is 5.45. The summed E-state index contributed by atoms with van der Waals surface area (Å²) in [4.78, 5) is 13.6. The van der Waals surface area contributed by atoms with E-state index in [1.807, 2.05) is 25.3 Å². The van der Waals surface area contributed by atoms with Gasteiger partial charge >= 0.3 is 0 Å². The van der Waals surface area contributed by atoms with Crippen molar-refractivity contribution in [3.05, 3.63) is 38.7 Å². The van der Waals surface area contributed by atoms with Crippen molar-refractivity contribution >= 4 is 34.7 Å². The Labute approximate surface area is 126 Å². The SMILES string of the molecule is CCc1cnc(C(C)n2c(=S)[nH]c3ccc(C)nc32)s1. The van der Waals surface area contributed by atoms with Gasteiger partial charge in [0.25, 0.3) is 0 Å². The van der Waals surface area contributed by atoms with Crippen molar-refractivity contribution in [2.75, 3.05) is 0 Å². The van der Waals surface area contributed by atoms with Crippen molar-refractivity contribution in [1.29, 1.82) is 0 Å². The van der Waals surface area contributed by atoms with Crippen LogP contribution < -0.4 is 0 Å². The second-order valence-corrected chi connectivity index (χ2v) is 6.35. The van der Waals surface area contributed by atoms with Gasteiger partial charge in [-0.25, -0.2) is 9.97 Å². The molecular formula is C14H16N4S2. The van der Waals surface area contributed by atoms with E-state index in [9.17, 15) is 0 Å². The minimum absolute atomic E-state index is 0.0934. The van der Waals surface area contributed by atoms with E-state index in [1.54, 1.807) is 11.3 Å². The van der Waals surface area contributed by atoms with Crippen molar-refractivity contribution in [1.82, 2.24) is 19.5 Å². The molecule has 0 saturated carbocycles. The standard InChI is InChI=1S/C14H16N4S2/c1-4-10-7-15-13(20-10)9(3)18-12-11(17-14(18)19)6-5-8(2)16-12/h5-7,9H,4H2,1-3H3,(H,17,19). The van der Waals surface area contributed by atoms with Gasteiger partial charge in [0.2, 0.25) is 0 Å². The van der Waals surface area contributed by atoms with Crippen LogP contribution in [0.4, 0.5) is 0 Å². The maximum Gasteiger partial charge on any atom is 0.179 e. The molecule has 3 rings (SSSR count). The first kappa shape index (κ1) is 13.5. The number of aryl methyl sites for hydroxylation is 2. The maximum absolute atomic E-state index is 5.45. The summed E-state index contributed by atoms with van der Waals surface area (Å²) in [7, 11) is 0. The zero-order chi connectivity index (χ0) is 14.3. The molecule has 3 aromatic heterocycles. The fourth-order valence-corrected chi connectivity index (χ4v) is 3.50. The van der Waals surface area contributed by atoms with Gasteiger partial charge in [-0.15, -0.1) is 11.3 Å². The molecule has 0 aliphatic heterocycles. The quantitative estimate of drug-likeness (QED) is 0.743. The zero-order valence-corrected chi connectivity index (χ0v) is 13.3. The number of rotatable bonds is 3. The molecule has 104 valence electrons. The third-order valence-corrected chi connectivity index (χ3v) is 4.98. The lowest BCUT2D eigenvalue weighted by Crippen LogP contribution is -2.07. The van der Waals surface area contributed by atoms with E-state index < -0.39 is 0 Å². The van der Waals surface area contributed by atoms with E-state index in [-0.39, 0.29) is 6.04 Å². The Morgan fingerprint density at radius 1 is 1.45 bits per heavy atom. The Morgan fingerprint density at radius 3 is 2.95 bits per heavy atom. The van der Waals surface area contributed by atoms with E-state index in [4.69, 9.17) is 12.2 Å². The number of fused-ring (bicyclic) bond motifs is 1. The average molecular weight is 304 g/mol. The minimum atomic E-state index is 0.0934. The Morgan fingerprint density at radius 2 is 2.25 bits per heavy atom. The number of nitrogens with zero attached hydrogens (tertiary/aromatic N) is 3. The van der Waals surface area contributed by atoms with Crippen molar-refractivity contribution in [2.45, 2.75) is 33.2 Å². The Bertz CT molecular complexity index is 812. The highest BCUT2D eigenvalue weighted by Gasteiger charge is 2.17. The molecule has 0 radical (unpaired) electrons. The molecule has 4 nitrogen and oxygen atoms in total. The van der Waals surface area contributed by atoms with E-state index in [0.29, 0.717) is 4.77 Å². The van der Waals surface area contributed by atoms with Gasteiger partial charge in [0.1, 0.15) is 5.01 Å². The molecule has 0 aliphatic carbocycles. The molecule has 3 aromatic rings. The van der Waals surface area contributed by atoms with E-state index in [1.165, 1.54) is 4.88 Å². The van der Waals surface area contributed by atoms with Gasteiger partial charge in [0, 0.05) is 16.8 Å². The molecule has 0 saturated heterocycles. The van der Waals surface area contributed by atoms with Crippen molar-refractivity contribution < 1.29 is 0 Å². The molecule has 0 aromatic carbocycles. The van der Waals surface area contributed by atoms with Crippen LogP contribution >= 0.6 is 23.6 Å². The lowest BCUT2D eigenvalue weighted by Gasteiger charge is -2.11. The van der Waals surface area contributed by atoms with E-state index >= 15 is 0 Å². The number of H-pyrrole nitrogens is 1. The lowest BCUT2D eigenvalue weighted by molar-refractivity contribution is 0.639. The molecule has 0 fully saturated rings. The van der Waals surface area contributed by atoms with Gasteiger partial charge in [-0.05, 0) is 44.6 Å².